The summed E-state index contributed by atoms with van der Waals surface area (Å²) in [6.07, 6.45) is 3.74. The molecular weight excluding hydrogens is 349 g/mol. The van der Waals surface area contributed by atoms with Gasteiger partial charge in [0, 0.05) is 38.3 Å². The number of hydrogen-bond donors (Lipinski definition) is 0. The van der Waals surface area contributed by atoms with Crippen LogP contribution in [0.25, 0.3) is 0 Å². The molecule has 7 heteroatoms. The zero-order valence-electron chi connectivity index (χ0n) is 15.3. The molecule has 1 spiro atoms. The minimum atomic E-state index is -0.529. The summed E-state index contributed by atoms with van der Waals surface area (Å²) in [6, 6.07) is 6.32. The highest BCUT2D eigenvalue weighted by atomic mass is 19.1. The summed E-state index contributed by atoms with van der Waals surface area (Å²) >= 11 is 0. The molecule has 4 rings (SSSR count). The molecule has 27 heavy (non-hydrogen) atoms. The van der Waals surface area contributed by atoms with Gasteiger partial charge in [-0.2, -0.15) is 0 Å². The van der Waals surface area contributed by atoms with Gasteiger partial charge in [-0.3, -0.25) is 19.3 Å². The molecule has 1 aromatic rings. The number of benzene rings is 1. The third kappa shape index (κ3) is 3.31. The minimum absolute atomic E-state index is 0.143. The Kier molecular flexibility index (Phi) is 4.61. The molecule has 0 N–H and O–H groups in total. The fourth-order valence-corrected chi connectivity index (χ4v) is 4.56. The topological polar surface area (TPSA) is 60.9 Å². The first-order valence-electron chi connectivity index (χ1n) is 9.62. The summed E-state index contributed by atoms with van der Waals surface area (Å²) in [5.41, 5.74) is 0.398. The van der Waals surface area contributed by atoms with Crippen molar-refractivity contribution in [3.8, 4) is 0 Å². The standard InChI is InChI=1S/C20H24FN3O3/c21-15-3-5-16(6-4-15)22-9-11-23(12-10-22)18(26)14-24-17(25)13-20(19(24)27)7-1-2-8-20/h3-6H,1-2,7-14H2. The van der Waals surface area contributed by atoms with E-state index in [-0.39, 0.29) is 36.5 Å². The number of nitrogens with zero attached hydrogens (tertiary/aromatic N) is 3. The molecule has 2 saturated heterocycles. The van der Waals surface area contributed by atoms with Gasteiger partial charge in [0.15, 0.2) is 0 Å². The molecule has 1 saturated carbocycles. The van der Waals surface area contributed by atoms with Gasteiger partial charge in [0.1, 0.15) is 12.4 Å². The molecule has 0 aromatic heterocycles. The highest BCUT2D eigenvalue weighted by molar-refractivity contribution is 6.08. The number of piperazine rings is 1. The zero-order chi connectivity index (χ0) is 19.0. The van der Waals surface area contributed by atoms with Crippen molar-refractivity contribution >= 4 is 23.4 Å². The first-order valence-corrected chi connectivity index (χ1v) is 9.62. The third-order valence-corrected chi connectivity index (χ3v) is 6.17. The van der Waals surface area contributed by atoms with Gasteiger partial charge in [0.05, 0.1) is 5.41 Å². The molecule has 3 aliphatic rings. The van der Waals surface area contributed by atoms with Gasteiger partial charge in [-0.05, 0) is 37.1 Å². The van der Waals surface area contributed by atoms with Crippen LogP contribution in [0.3, 0.4) is 0 Å². The van der Waals surface area contributed by atoms with Crippen molar-refractivity contribution in [3.63, 3.8) is 0 Å². The van der Waals surface area contributed by atoms with Crippen LogP contribution >= 0.6 is 0 Å². The zero-order valence-corrected chi connectivity index (χ0v) is 15.3. The smallest absolute Gasteiger partial charge is 0.242 e. The Balaban J connectivity index is 1.34. The number of anilines is 1. The number of halogens is 1. The van der Waals surface area contributed by atoms with E-state index in [2.05, 4.69) is 4.90 Å². The average Bonchev–Trinajstić information content (AvgIpc) is 3.23. The van der Waals surface area contributed by atoms with Gasteiger partial charge < -0.3 is 9.80 Å². The molecule has 144 valence electrons. The Morgan fingerprint density at radius 1 is 1.00 bits per heavy atom. The van der Waals surface area contributed by atoms with E-state index in [1.807, 2.05) is 0 Å². The van der Waals surface area contributed by atoms with E-state index in [1.54, 1.807) is 17.0 Å². The molecule has 3 amide bonds. The van der Waals surface area contributed by atoms with Crippen molar-refractivity contribution in [2.75, 3.05) is 37.6 Å². The predicted molar refractivity (Wildman–Crippen MR) is 97.4 cm³/mol. The van der Waals surface area contributed by atoms with E-state index in [9.17, 15) is 18.8 Å². The highest BCUT2D eigenvalue weighted by Crippen LogP contribution is 2.46. The summed E-state index contributed by atoms with van der Waals surface area (Å²) < 4.78 is 13.1. The number of amides is 3. The quantitative estimate of drug-likeness (QED) is 0.758. The number of rotatable bonds is 3. The largest absolute Gasteiger partial charge is 0.368 e. The van der Waals surface area contributed by atoms with Crippen LogP contribution in [0.4, 0.5) is 10.1 Å². The van der Waals surface area contributed by atoms with Crippen molar-refractivity contribution in [2.45, 2.75) is 32.1 Å². The van der Waals surface area contributed by atoms with E-state index >= 15 is 0 Å². The number of likely N-dealkylation sites (tertiary alicyclic amines) is 1. The van der Waals surface area contributed by atoms with Gasteiger partial charge in [-0.25, -0.2) is 4.39 Å². The number of carbonyl (C=O) groups excluding carboxylic acids is 3. The Labute approximate surface area is 157 Å². The molecule has 3 fully saturated rings. The fraction of sp³-hybridized carbons (Fsp3) is 0.550. The van der Waals surface area contributed by atoms with Crippen LogP contribution < -0.4 is 4.90 Å². The molecule has 0 radical (unpaired) electrons. The predicted octanol–water partition coefficient (Wildman–Crippen LogP) is 1.79. The molecule has 0 bridgehead atoms. The van der Waals surface area contributed by atoms with Crippen molar-refractivity contribution in [3.05, 3.63) is 30.1 Å². The van der Waals surface area contributed by atoms with Crippen LogP contribution in [-0.2, 0) is 14.4 Å². The highest BCUT2D eigenvalue weighted by Gasteiger charge is 2.53. The Morgan fingerprint density at radius 2 is 1.63 bits per heavy atom. The lowest BCUT2D eigenvalue weighted by molar-refractivity contribution is -0.147. The fourth-order valence-electron chi connectivity index (χ4n) is 4.56. The van der Waals surface area contributed by atoms with Gasteiger partial charge in [-0.1, -0.05) is 12.8 Å². The van der Waals surface area contributed by atoms with E-state index in [4.69, 9.17) is 0 Å². The van der Waals surface area contributed by atoms with Crippen molar-refractivity contribution in [1.29, 1.82) is 0 Å². The number of imide groups is 1. The lowest BCUT2D eigenvalue weighted by atomic mass is 9.84. The first-order chi connectivity index (χ1) is 13.0. The molecular formula is C20H24FN3O3. The second-order valence-electron chi connectivity index (χ2n) is 7.79. The van der Waals surface area contributed by atoms with Crippen molar-refractivity contribution in [1.82, 2.24) is 9.80 Å². The van der Waals surface area contributed by atoms with Crippen molar-refractivity contribution < 1.29 is 18.8 Å². The Hall–Kier alpha value is -2.44. The lowest BCUT2D eigenvalue weighted by Crippen LogP contribution is -2.52. The summed E-state index contributed by atoms with van der Waals surface area (Å²) in [6.45, 7) is 2.19. The lowest BCUT2D eigenvalue weighted by Gasteiger charge is -2.36. The van der Waals surface area contributed by atoms with Crippen LogP contribution in [0.1, 0.15) is 32.1 Å². The average molecular weight is 373 g/mol. The monoisotopic (exact) mass is 373 g/mol. The van der Waals surface area contributed by atoms with Gasteiger partial charge in [0.2, 0.25) is 17.7 Å². The second-order valence-corrected chi connectivity index (χ2v) is 7.79. The Morgan fingerprint density at radius 3 is 2.26 bits per heavy atom. The van der Waals surface area contributed by atoms with E-state index in [1.165, 1.54) is 17.0 Å². The first kappa shape index (κ1) is 17.9. The molecule has 2 aliphatic heterocycles. The number of carbonyl (C=O) groups is 3. The molecule has 1 aliphatic carbocycles. The van der Waals surface area contributed by atoms with Gasteiger partial charge in [-0.15, -0.1) is 0 Å². The third-order valence-electron chi connectivity index (χ3n) is 6.17. The maximum absolute atomic E-state index is 13.1. The SMILES string of the molecule is O=C(CN1C(=O)CC2(CCCC2)C1=O)N1CCN(c2ccc(F)cc2)CC1. The van der Waals surface area contributed by atoms with E-state index in [0.717, 1.165) is 31.4 Å². The van der Waals surface area contributed by atoms with E-state index < -0.39 is 5.41 Å². The molecule has 1 aromatic carbocycles. The number of hydrogen-bond acceptors (Lipinski definition) is 4. The maximum Gasteiger partial charge on any atom is 0.242 e. The minimum Gasteiger partial charge on any atom is -0.368 e. The van der Waals surface area contributed by atoms with Crippen molar-refractivity contribution in [2.24, 2.45) is 5.41 Å². The summed E-state index contributed by atoms with van der Waals surface area (Å²) in [7, 11) is 0. The van der Waals surface area contributed by atoms with Crippen LogP contribution in [0.15, 0.2) is 24.3 Å². The van der Waals surface area contributed by atoms with Gasteiger partial charge in [0.25, 0.3) is 0 Å². The molecule has 0 unspecified atom stereocenters. The van der Waals surface area contributed by atoms with Crippen LogP contribution in [0, 0.1) is 11.2 Å². The Bertz CT molecular complexity index is 750. The normalized spacial score (nSPS) is 22.2. The summed E-state index contributed by atoms with van der Waals surface area (Å²) in [5.74, 6) is -0.804. The summed E-state index contributed by atoms with van der Waals surface area (Å²) in [4.78, 5) is 42.7. The second kappa shape index (κ2) is 6.94. The van der Waals surface area contributed by atoms with Gasteiger partial charge >= 0.3 is 0 Å². The summed E-state index contributed by atoms with van der Waals surface area (Å²) in [5, 5.41) is 0. The van der Waals surface area contributed by atoms with Crippen LogP contribution in [0.5, 0.6) is 0 Å². The van der Waals surface area contributed by atoms with E-state index in [0.29, 0.717) is 26.2 Å². The molecule has 2 heterocycles. The van der Waals surface area contributed by atoms with Crippen LogP contribution in [0.2, 0.25) is 0 Å². The van der Waals surface area contributed by atoms with Crippen LogP contribution in [-0.4, -0.2) is 60.2 Å². The maximum atomic E-state index is 13.1. The molecule has 0 atom stereocenters. The molecule has 6 nitrogen and oxygen atoms in total.